The first-order chi connectivity index (χ1) is 12.0. The molecule has 0 aliphatic heterocycles. The molecule has 1 saturated carbocycles. The Morgan fingerprint density at radius 1 is 1.16 bits per heavy atom. The summed E-state index contributed by atoms with van der Waals surface area (Å²) in [6.45, 7) is 2.10. The number of hydrogen-bond donors (Lipinski definition) is 0. The molecule has 3 rings (SSSR count). The third-order valence-corrected chi connectivity index (χ3v) is 4.83. The van der Waals surface area contributed by atoms with Crippen LogP contribution < -0.4 is 9.47 Å². The monoisotopic (exact) mass is 380 g/mol. The number of rotatable bonds is 5. The fraction of sp³-hybridized carbons (Fsp3) is 0.316. The zero-order valence-electron chi connectivity index (χ0n) is 14.0. The zero-order chi connectivity index (χ0) is 18.0. The van der Waals surface area contributed by atoms with Crippen molar-refractivity contribution < 1.29 is 19.0 Å². The minimum absolute atomic E-state index is 0.220. The second-order valence-electron chi connectivity index (χ2n) is 5.97. The molecule has 1 aliphatic carbocycles. The molecule has 0 unspecified atom stereocenters. The number of halogens is 2. The van der Waals surface area contributed by atoms with Crippen molar-refractivity contribution in [2.45, 2.75) is 32.3 Å². The molecule has 1 aliphatic rings. The highest BCUT2D eigenvalue weighted by Gasteiger charge is 2.28. The van der Waals surface area contributed by atoms with Gasteiger partial charge in [0.2, 0.25) is 0 Å². The van der Waals surface area contributed by atoms with Crippen molar-refractivity contribution in [3.05, 3.63) is 57.1 Å². The van der Waals surface area contributed by atoms with Crippen LogP contribution in [0.4, 0.5) is 4.79 Å². The molecule has 0 amide bonds. The van der Waals surface area contributed by atoms with Gasteiger partial charge >= 0.3 is 6.16 Å². The zero-order valence-corrected chi connectivity index (χ0v) is 15.5. The number of methoxy groups -OCH3 is 1. The van der Waals surface area contributed by atoms with Crippen LogP contribution in [0.1, 0.15) is 35.4 Å². The second-order valence-corrected chi connectivity index (χ2v) is 6.79. The summed E-state index contributed by atoms with van der Waals surface area (Å²) in [6.07, 6.45) is 1.48. The van der Waals surface area contributed by atoms with Crippen molar-refractivity contribution in [1.82, 2.24) is 0 Å². The van der Waals surface area contributed by atoms with Gasteiger partial charge in [-0.15, -0.1) is 0 Å². The summed E-state index contributed by atoms with van der Waals surface area (Å²) < 4.78 is 15.8. The van der Waals surface area contributed by atoms with Crippen LogP contribution in [0.2, 0.25) is 10.0 Å². The Bertz CT molecular complexity index is 800. The average molecular weight is 381 g/mol. The van der Waals surface area contributed by atoms with E-state index < -0.39 is 6.16 Å². The highest BCUT2D eigenvalue weighted by atomic mass is 35.5. The summed E-state index contributed by atoms with van der Waals surface area (Å²) in [4.78, 5) is 11.5. The molecule has 132 valence electrons. The Morgan fingerprint density at radius 2 is 1.92 bits per heavy atom. The lowest BCUT2D eigenvalue weighted by atomic mass is 10.0. The highest BCUT2D eigenvalue weighted by molar-refractivity contribution is 6.34. The van der Waals surface area contributed by atoms with Crippen molar-refractivity contribution >= 4 is 29.4 Å². The van der Waals surface area contributed by atoms with Crippen molar-refractivity contribution in [2.24, 2.45) is 0 Å². The smallest absolute Gasteiger partial charge is 0.487 e. The second kappa shape index (κ2) is 7.54. The van der Waals surface area contributed by atoms with E-state index >= 15 is 0 Å². The number of carbonyl (C=O) groups excluding carboxylic acids is 1. The van der Waals surface area contributed by atoms with Crippen LogP contribution in [0.25, 0.3) is 0 Å². The van der Waals surface area contributed by atoms with Gasteiger partial charge in [0.15, 0.2) is 0 Å². The van der Waals surface area contributed by atoms with Crippen LogP contribution in [0, 0.1) is 6.92 Å². The molecule has 25 heavy (non-hydrogen) atoms. The van der Waals surface area contributed by atoms with Gasteiger partial charge in [0.05, 0.1) is 12.1 Å². The number of ether oxygens (including phenoxy) is 3. The SMILES string of the molecule is COC(=O)Oc1cccc(C2CC2)c1COc1cc(Cl)c(C)cc1Cl. The average Bonchev–Trinajstić information content (AvgIpc) is 3.42. The van der Waals surface area contributed by atoms with E-state index in [-0.39, 0.29) is 6.61 Å². The molecule has 0 atom stereocenters. The van der Waals surface area contributed by atoms with Gasteiger partial charge in [0.25, 0.3) is 0 Å². The number of benzene rings is 2. The molecular weight excluding hydrogens is 363 g/mol. The lowest BCUT2D eigenvalue weighted by molar-refractivity contribution is 0.120. The minimum Gasteiger partial charge on any atom is -0.487 e. The van der Waals surface area contributed by atoms with E-state index in [2.05, 4.69) is 4.74 Å². The predicted octanol–water partition coefficient (Wildman–Crippen LogP) is 5.90. The number of hydrogen-bond acceptors (Lipinski definition) is 4. The quantitative estimate of drug-likeness (QED) is 0.478. The van der Waals surface area contributed by atoms with E-state index in [9.17, 15) is 4.79 Å². The van der Waals surface area contributed by atoms with E-state index in [1.807, 2.05) is 19.1 Å². The molecule has 0 N–H and O–H groups in total. The molecule has 6 heteroatoms. The van der Waals surface area contributed by atoms with Crippen molar-refractivity contribution in [3.63, 3.8) is 0 Å². The Kier molecular flexibility index (Phi) is 5.40. The minimum atomic E-state index is -0.759. The summed E-state index contributed by atoms with van der Waals surface area (Å²) >= 11 is 12.4. The maximum Gasteiger partial charge on any atom is 0.513 e. The largest absolute Gasteiger partial charge is 0.513 e. The number of carbonyl (C=O) groups is 1. The van der Waals surface area contributed by atoms with Crippen LogP contribution in [-0.4, -0.2) is 13.3 Å². The van der Waals surface area contributed by atoms with E-state index in [0.29, 0.717) is 27.5 Å². The van der Waals surface area contributed by atoms with Crippen LogP contribution in [-0.2, 0) is 11.3 Å². The molecule has 4 nitrogen and oxygen atoms in total. The molecule has 0 bridgehead atoms. The molecule has 0 saturated heterocycles. The number of aryl methyl sites for hydroxylation is 1. The van der Waals surface area contributed by atoms with E-state index in [1.165, 1.54) is 7.11 Å². The topological polar surface area (TPSA) is 44.8 Å². The van der Waals surface area contributed by atoms with Crippen LogP contribution in [0.15, 0.2) is 30.3 Å². The molecule has 1 fully saturated rings. The molecule has 2 aromatic rings. The standard InChI is InChI=1S/C19H18Cl2O4/c1-11-8-16(21)18(9-15(11)20)24-10-14-13(12-6-7-12)4-3-5-17(14)25-19(22)23-2/h3-5,8-9,12H,6-7,10H2,1-2H3. The Balaban J connectivity index is 1.88. The third kappa shape index (κ3) is 4.20. The highest BCUT2D eigenvalue weighted by Crippen LogP contribution is 2.44. The third-order valence-electron chi connectivity index (χ3n) is 4.13. The maximum absolute atomic E-state index is 11.5. The first kappa shape index (κ1) is 17.9. The van der Waals surface area contributed by atoms with E-state index in [4.69, 9.17) is 32.7 Å². The van der Waals surface area contributed by atoms with Gasteiger partial charge in [0.1, 0.15) is 18.1 Å². The van der Waals surface area contributed by atoms with Crippen LogP contribution >= 0.6 is 23.2 Å². The fourth-order valence-corrected chi connectivity index (χ4v) is 3.06. The predicted molar refractivity (Wildman–Crippen MR) is 97.0 cm³/mol. The lowest BCUT2D eigenvalue weighted by Crippen LogP contribution is -2.11. The van der Waals surface area contributed by atoms with Gasteiger partial charge in [0, 0.05) is 16.7 Å². The van der Waals surface area contributed by atoms with Gasteiger partial charge in [-0.2, -0.15) is 0 Å². The van der Waals surface area contributed by atoms with Gasteiger partial charge in [-0.1, -0.05) is 35.3 Å². The van der Waals surface area contributed by atoms with Crippen molar-refractivity contribution in [1.29, 1.82) is 0 Å². The first-order valence-electron chi connectivity index (χ1n) is 7.95. The molecule has 0 heterocycles. The maximum atomic E-state index is 11.5. The van der Waals surface area contributed by atoms with E-state index in [1.54, 1.807) is 18.2 Å². The fourth-order valence-electron chi connectivity index (χ4n) is 2.63. The Labute approximate surface area is 156 Å². The normalized spacial score (nSPS) is 13.4. The summed E-state index contributed by atoms with van der Waals surface area (Å²) in [7, 11) is 1.28. The first-order valence-corrected chi connectivity index (χ1v) is 8.71. The molecule has 0 radical (unpaired) electrons. The summed E-state index contributed by atoms with van der Waals surface area (Å²) in [5, 5.41) is 1.07. The molecule has 0 aromatic heterocycles. The molecule has 0 spiro atoms. The summed E-state index contributed by atoms with van der Waals surface area (Å²) in [6, 6.07) is 9.08. The van der Waals surface area contributed by atoms with Gasteiger partial charge in [-0.25, -0.2) is 4.79 Å². The lowest BCUT2D eigenvalue weighted by Gasteiger charge is -2.16. The summed E-state index contributed by atoms with van der Waals surface area (Å²) in [5.41, 5.74) is 2.83. The van der Waals surface area contributed by atoms with Crippen molar-refractivity contribution in [3.8, 4) is 11.5 Å². The van der Waals surface area contributed by atoms with Gasteiger partial charge in [-0.3, -0.25) is 0 Å². The van der Waals surface area contributed by atoms with Crippen LogP contribution in [0.3, 0.4) is 0 Å². The van der Waals surface area contributed by atoms with E-state index in [0.717, 1.165) is 29.5 Å². The summed E-state index contributed by atoms with van der Waals surface area (Å²) in [5.74, 6) is 1.40. The molecule has 2 aromatic carbocycles. The van der Waals surface area contributed by atoms with Gasteiger partial charge < -0.3 is 14.2 Å². The van der Waals surface area contributed by atoms with Gasteiger partial charge in [-0.05, 0) is 48.9 Å². The Morgan fingerprint density at radius 3 is 2.60 bits per heavy atom. The van der Waals surface area contributed by atoms with Crippen molar-refractivity contribution in [2.75, 3.05) is 7.11 Å². The van der Waals surface area contributed by atoms with Crippen LogP contribution in [0.5, 0.6) is 11.5 Å². The molecular formula is C19H18Cl2O4. The Hall–Kier alpha value is -1.91.